The molecule has 0 aromatic heterocycles. The van der Waals surface area contributed by atoms with Crippen LogP contribution in [0.3, 0.4) is 0 Å². The molecule has 1 aromatic carbocycles. The maximum absolute atomic E-state index is 13.3. The first-order valence-electron chi connectivity index (χ1n) is 6.42. The lowest BCUT2D eigenvalue weighted by atomic mass is 9.84. The molecule has 0 spiro atoms. The van der Waals surface area contributed by atoms with Crippen LogP contribution in [0.5, 0.6) is 0 Å². The summed E-state index contributed by atoms with van der Waals surface area (Å²) in [5.41, 5.74) is 0.960. The molecule has 3 heteroatoms. The lowest BCUT2D eigenvalue weighted by molar-refractivity contribution is 0.332. The van der Waals surface area contributed by atoms with Gasteiger partial charge in [-0.05, 0) is 38.6 Å². The summed E-state index contributed by atoms with van der Waals surface area (Å²) < 4.78 is 13.3. The van der Waals surface area contributed by atoms with Crippen molar-refractivity contribution < 1.29 is 4.39 Å². The minimum Gasteiger partial charge on any atom is -0.318 e. The summed E-state index contributed by atoms with van der Waals surface area (Å²) in [5, 5.41) is 6.70. The van der Waals surface area contributed by atoms with Crippen molar-refractivity contribution in [1.82, 2.24) is 10.6 Å². The van der Waals surface area contributed by atoms with Crippen LogP contribution in [0.1, 0.15) is 33.3 Å². The molecule has 0 aliphatic carbocycles. The van der Waals surface area contributed by atoms with E-state index < -0.39 is 0 Å². The zero-order chi connectivity index (χ0) is 13.8. The van der Waals surface area contributed by atoms with Gasteiger partial charge in [-0.15, -0.1) is 0 Å². The molecule has 0 radical (unpaired) electrons. The summed E-state index contributed by atoms with van der Waals surface area (Å²) in [7, 11) is 1.95. The van der Waals surface area contributed by atoms with Crippen molar-refractivity contribution in [2.45, 2.75) is 38.6 Å². The molecule has 1 aromatic rings. The van der Waals surface area contributed by atoms with E-state index in [2.05, 4.69) is 38.3 Å². The second-order valence-corrected chi connectivity index (χ2v) is 6.16. The van der Waals surface area contributed by atoms with E-state index in [-0.39, 0.29) is 16.8 Å². The molecule has 0 amide bonds. The molecule has 1 rings (SSSR count). The van der Waals surface area contributed by atoms with Crippen molar-refractivity contribution in [2.24, 2.45) is 0 Å². The van der Waals surface area contributed by atoms with Gasteiger partial charge < -0.3 is 10.6 Å². The molecule has 102 valence electrons. The van der Waals surface area contributed by atoms with E-state index in [4.69, 9.17) is 0 Å². The molecule has 2 nitrogen and oxygen atoms in total. The molecule has 0 saturated heterocycles. The highest BCUT2D eigenvalue weighted by Gasteiger charge is 2.25. The fraction of sp³-hybridized carbons (Fsp3) is 0.600. The van der Waals surface area contributed by atoms with E-state index >= 15 is 0 Å². The van der Waals surface area contributed by atoms with Crippen molar-refractivity contribution in [1.29, 1.82) is 0 Å². The van der Waals surface area contributed by atoms with Crippen molar-refractivity contribution in [2.75, 3.05) is 20.1 Å². The molecule has 0 unspecified atom stereocenters. The fourth-order valence-electron chi connectivity index (χ4n) is 1.98. The van der Waals surface area contributed by atoms with Gasteiger partial charge in [0.25, 0.3) is 0 Å². The highest BCUT2D eigenvalue weighted by atomic mass is 19.1. The van der Waals surface area contributed by atoms with E-state index in [0.29, 0.717) is 0 Å². The summed E-state index contributed by atoms with van der Waals surface area (Å²) in [4.78, 5) is 0. The first-order chi connectivity index (χ1) is 8.27. The van der Waals surface area contributed by atoms with Crippen molar-refractivity contribution in [3.63, 3.8) is 0 Å². The summed E-state index contributed by atoms with van der Waals surface area (Å²) in [6.07, 6.45) is 0. The molecule has 0 bridgehead atoms. The van der Waals surface area contributed by atoms with Crippen molar-refractivity contribution >= 4 is 0 Å². The third-order valence-electron chi connectivity index (χ3n) is 3.23. The van der Waals surface area contributed by atoms with Gasteiger partial charge in [-0.3, -0.25) is 0 Å². The molecule has 18 heavy (non-hydrogen) atoms. The highest BCUT2D eigenvalue weighted by Crippen LogP contribution is 2.23. The molecule has 0 fully saturated rings. The van der Waals surface area contributed by atoms with Crippen LogP contribution in [0.4, 0.5) is 4.39 Å². The zero-order valence-electron chi connectivity index (χ0n) is 12.1. The monoisotopic (exact) mass is 252 g/mol. The second-order valence-electron chi connectivity index (χ2n) is 6.16. The van der Waals surface area contributed by atoms with Crippen LogP contribution >= 0.6 is 0 Å². The van der Waals surface area contributed by atoms with Gasteiger partial charge >= 0.3 is 0 Å². The number of rotatable bonds is 6. The zero-order valence-corrected chi connectivity index (χ0v) is 12.1. The molecule has 0 heterocycles. The van der Waals surface area contributed by atoms with Gasteiger partial charge in [0.2, 0.25) is 0 Å². The molecule has 0 aliphatic heterocycles. The Balaban J connectivity index is 2.70. The molecule has 0 aliphatic rings. The SMILES string of the molecule is CNCC(C)(C)NCC(C)(C)c1cccc(F)c1. The summed E-state index contributed by atoms with van der Waals surface area (Å²) in [6.45, 7) is 10.3. The minimum absolute atomic E-state index is 0.0271. The normalized spacial score (nSPS) is 12.8. The van der Waals surface area contributed by atoms with Gasteiger partial charge in [0, 0.05) is 24.0 Å². The topological polar surface area (TPSA) is 24.1 Å². The Morgan fingerprint density at radius 2 is 1.78 bits per heavy atom. The summed E-state index contributed by atoms with van der Waals surface area (Å²) in [5.74, 6) is -0.171. The maximum atomic E-state index is 13.3. The second kappa shape index (κ2) is 5.81. The van der Waals surface area contributed by atoms with Gasteiger partial charge in [-0.25, -0.2) is 4.39 Å². The standard InChI is InChI=1S/C15H25FN2/c1-14(2,10-18-15(3,4)11-17-5)12-7-6-8-13(16)9-12/h6-9,17-18H,10-11H2,1-5H3. The Morgan fingerprint density at radius 3 is 2.33 bits per heavy atom. The van der Waals surface area contributed by atoms with E-state index in [0.717, 1.165) is 18.7 Å². The number of benzene rings is 1. The Morgan fingerprint density at radius 1 is 1.11 bits per heavy atom. The smallest absolute Gasteiger partial charge is 0.123 e. The van der Waals surface area contributed by atoms with Crippen LogP contribution in [0, 0.1) is 5.82 Å². The Labute approximate surface area is 110 Å². The number of halogens is 1. The minimum atomic E-state index is -0.171. The van der Waals surface area contributed by atoms with Gasteiger partial charge in [-0.2, -0.15) is 0 Å². The van der Waals surface area contributed by atoms with Gasteiger partial charge in [0.05, 0.1) is 0 Å². The number of hydrogen-bond donors (Lipinski definition) is 2. The first-order valence-corrected chi connectivity index (χ1v) is 6.42. The largest absolute Gasteiger partial charge is 0.318 e. The number of nitrogens with one attached hydrogen (secondary N) is 2. The van der Waals surface area contributed by atoms with E-state index in [1.54, 1.807) is 12.1 Å². The number of likely N-dealkylation sites (N-methyl/N-ethyl adjacent to an activating group) is 1. The fourth-order valence-corrected chi connectivity index (χ4v) is 1.98. The Kier molecular flexibility index (Phi) is 4.88. The average molecular weight is 252 g/mol. The quantitative estimate of drug-likeness (QED) is 0.813. The van der Waals surface area contributed by atoms with Crippen molar-refractivity contribution in [3.8, 4) is 0 Å². The van der Waals surface area contributed by atoms with E-state index in [9.17, 15) is 4.39 Å². The molecular formula is C15H25FN2. The predicted octanol–water partition coefficient (Wildman–Crippen LogP) is 2.69. The van der Waals surface area contributed by atoms with Crippen LogP contribution in [0.15, 0.2) is 24.3 Å². The van der Waals surface area contributed by atoms with Crippen LogP contribution in [-0.4, -0.2) is 25.7 Å². The van der Waals surface area contributed by atoms with Crippen LogP contribution in [0.25, 0.3) is 0 Å². The molecular weight excluding hydrogens is 227 g/mol. The van der Waals surface area contributed by atoms with Crippen LogP contribution < -0.4 is 10.6 Å². The predicted molar refractivity (Wildman–Crippen MR) is 75.4 cm³/mol. The molecule has 0 atom stereocenters. The van der Waals surface area contributed by atoms with Crippen LogP contribution in [0.2, 0.25) is 0 Å². The maximum Gasteiger partial charge on any atom is 0.123 e. The Bertz CT molecular complexity index is 386. The van der Waals surface area contributed by atoms with Crippen LogP contribution in [-0.2, 0) is 5.41 Å². The third-order valence-corrected chi connectivity index (χ3v) is 3.23. The van der Waals surface area contributed by atoms with E-state index in [1.807, 2.05) is 13.1 Å². The lowest BCUT2D eigenvalue weighted by Crippen LogP contribution is -2.50. The lowest BCUT2D eigenvalue weighted by Gasteiger charge is -2.33. The Hall–Kier alpha value is -0.930. The molecule has 0 saturated carbocycles. The van der Waals surface area contributed by atoms with Gasteiger partial charge in [0.1, 0.15) is 5.82 Å². The van der Waals surface area contributed by atoms with Gasteiger partial charge in [0.15, 0.2) is 0 Å². The summed E-state index contributed by atoms with van der Waals surface area (Å²) in [6, 6.07) is 6.85. The van der Waals surface area contributed by atoms with Crippen molar-refractivity contribution in [3.05, 3.63) is 35.6 Å². The van der Waals surface area contributed by atoms with E-state index in [1.165, 1.54) is 6.07 Å². The molecule has 2 N–H and O–H groups in total. The average Bonchev–Trinajstić information content (AvgIpc) is 2.27. The highest BCUT2D eigenvalue weighted by molar-refractivity contribution is 5.25. The summed E-state index contributed by atoms with van der Waals surface area (Å²) >= 11 is 0. The van der Waals surface area contributed by atoms with Gasteiger partial charge in [-0.1, -0.05) is 26.0 Å². The number of hydrogen-bond acceptors (Lipinski definition) is 2. The third kappa shape index (κ3) is 4.39. The first kappa shape index (κ1) is 15.1.